The molecule has 0 radical (unpaired) electrons. The second kappa shape index (κ2) is 4.21. The SMILES string of the molecule is CC(C)N1CCC(C(O)O)CC1. The number of piperidine rings is 1. The molecule has 3 nitrogen and oxygen atoms in total. The van der Waals surface area contributed by atoms with Gasteiger partial charge in [-0.15, -0.1) is 0 Å². The highest BCUT2D eigenvalue weighted by molar-refractivity contribution is 4.75. The van der Waals surface area contributed by atoms with E-state index in [2.05, 4.69) is 18.7 Å². The summed E-state index contributed by atoms with van der Waals surface area (Å²) in [4.78, 5) is 2.37. The lowest BCUT2D eigenvalue weighted by molar-refractivity contribution is -0.0996. The van der Waals surface area contributed by atoms with Crippen LogP contribution in [0.25, 0.3) is 0 Å². The quantitative estimate of drug-likeness (QED) is 0.595. The maximum atomic E-state index is 8.94. The van der Waals surface area contributed by atoms with Gasteiger partial charge < -0.3 is 15.1 Å². The molecule has 12 heavy (non-hydrogen) atoms. The Morgan fingerprint density at radius 2 is 1.67 bits per heavy atom. The fourth-order valence-electron chi connectivity index (χ4n) is 1.73. The molecule has 0 aromatic carbocycles. The molecule has 0 unspecified atom stereocenters. The van der Waals surface area contributed by atoms with E-state index in [1.807, 2.05) is 0 Å². The molecule has 72 valence electrons. The maximum Gasteiger partial charge on any atom is 0.154 e. The third-order valence-corrected chi connectivity index (χ3v) is 2.73. The minimum Gasteiger partial charge on any atom is -0.368 e. The molecule has 0 saturated carbocycles. The smallest absolute Gasteiger partial charge is 0.154 e. The molecule has 0 atom stereocenters. The van der Waals surface area contributed by atoms with Gasteiger partial charge in [-0.1, -0.05) is 0 Å². The van der Waals surface area contributed by atoms with E-state index in [1.165, 1.54) is 0 Å². The van der Waals surface area contributed by atoms with Crippen molar-refractivity contribution in [3.05, 3.63) is 0 Å². The van der Waals surface area contributed by atoms with E-state index >= 15 is 0 Å². The Morgan fingerprint density at radius 1 is 1.17 bits per heavy atom. The second-order valence-corrected chi connectivity index (χ2v) is 3.88. The molecule has 0 amide bonds. The molecule has 1 heterocycles. The van der Waals surface area contributed by atoms with Crippen LogP contribution < -0.4 is 0 Å². The summed E-state index contributed by atoms with van der Waals surface area (Å²) in [5.41, 5.74) is 0. The number of rotatable bonds is 2. The van der Waals surface area contributed by atoms with Gasteiger partial charge in [0.2, 0.25) is 0 Å². The van der Waals surface area contributed by atoms with Crippen molar-refractivity contribution in [2.75, 3.05) is 13.1 Å². The summed E-state index contributed by atoms with van der Waals surface area (Å²) in [5, 5.41) is 17.9. The zero-order valence-corrected chi connectivity index (χ0v) is 7.90. The van der Waals surface area contributed by atoms with E-state index in [4.69, 9.17) is 10.2 Å². The molecule has 0 aromatic heterocycles. The number of aliphatic hydroxyl groups is 2. The molecule has 2 N–H and O–H groups in total. The summed E-state index contributed by atoms with van der Waals surface area (Å²) in [7, 11) is 0. The van der Waals surface area contributed by atoms with Gasteiger partial charge in [0.1, 0.15) is 0 Å². The van der Waals surface area contributed by atoms with Gasteiger partial charge in [-0.05, 0) is 39.8 Å². The Bertz CT molecular complexity index is 112. The van der Waals surface area contributed by atoms with Crippen molar-refractivity contribution in [2.45, 2.75) is 39.0 Å². The number of likely N-dealkylation sites (tertiary alicyclic amines) is 1. The lowest BCUT2D eigenvalue weighted by Crippen LogP contribution is -2.41. The first-order valence-corrected chi connectivity index (χ1v) is 4.71. The summed E-state index contributed by atoms with van der Waals surface area (Å²) < 4.78 is 0. The molecule has 0 spiro atoms. The molecular weight excluding hydrogens is 154 g/mol. The Balaban J connectivity index is 2.30. The van der Waals surface area contributed by atoms with Crippen LogP contribution in [0, 0.1) is 5.92 Å². The lowest BCUT2D eigenvalue weighted by atomic mass is 9.95. The number of hydrogen-bond acceptors (Lipinski definition) is 3. The van der Waals surface area contributed by atoms with E-state index in [0.717, 1.165) is 25.9 Å². The van der Waals surface area contributed by atoms with Gasteiger partial charge >= 0.3 is 0 Å². The summed E-state index contributed by atoms with van der Waals surface area (Å²) in [6.45, 7) is 6.35. The van der Waals surface area contributed by atoms with Gasteiger partial charge in [-0.25, -0.2) is 0 Å². The topological polar surface area (TPSA) is 43.7 Å². The Morgan fingerprint density at radius 3 is 2.00 bits per heavy atom. The van der Waals surface area contributed by atoms with Gasteiger partial charge in [-0.2, -0.15) is 0 Å². The van der Waals surface area contributed by atoms with Crippen LogP contribution in [0.2, 0.25) is 0 Å². The first-order valence-electron chi connectivity index (χ1n) is 4.71. The van der Waals surface area contributed by atoms with E-state index in [0.29, 0.717) is 6.04 Å². The van der Waals surface area contributed by atoms with Gasteiger partial charge in [0.15, 0.2) is 6.29 Å². The summed E-state index contributed by atoms with van der Waals surface area (Å²) >= 11 is 0. The van der Waals surface area contributed by atoms with Crippen LogP contribution in [0.4, 0.5) is 0 Å². The lowest BCUT2D eigenvalue weighted by Gasteiger charge is -2.35. The molecule has 0 aromatic rings. The van der Waals surface area contributed by atoms with Crippen LogP contribution in [0.5, 0.6) is 0 Å². The van der Waals surface area contributed by atoms with Crippen molar-refractivity contribution in [3.8, 4) is 0 Å². The summed E-state index contributed by atoms with van der Waals surface area (Å²) in [6.07, 6.45) is 0.713. The van der Waals surface area contributed by atoms with E-state index in [-0.39, 0.29) is 5.92 Å². The third kappa shape index (κ3) is 2.44. The van der Waals surface area contributed by atoms with Crippen molar-refractivity contribution in [2.24, 2.45) is 5.92 Å². The van der Waals surface area contributed by atoms with Gasteiger partial charge in [0, 0.05) is 12.0 Å². The molecule has 0 bridgehead atoms. The average Bonchev–Trinajstić information content (AvgIpc) is 2.04. The van der Waals surface area contributed by atoms with Crippen LogP contribution in [0.1, 0.15) is 26.7 Å². The average molecular weight is 173 g/mol. The number of aliphatic hydroxyl groups excluding tert-OH is 1. The molecule has 1 rings (SSSR count). The number of nitrogens with zero attached hydrogens (tertiary/aromatic N) is 1. The predicted molar refractivity (Wildman–Crippen MR) is 47.7 cm³/mol. The molecule has 0 aliphatic carbocycles. The first-order chi connectivity index (χ1) is 5.61. The predicted octanol–water partition coefficient (Wildman–Crippen LogP) is 0.418. The van der Waals surface area contributed by atoms with Crippen molar-refractivity contribution < 1.29 is 10.2 Å². The normalized spacial score (nSPS) is 22.5. The molecule has 3 heteroatoms. The van der Waals surface area contributed by atoms with Crippen molar-refractivity contribution in [1.82, 2.24) is 4.90 Å². The zero-order valence-electron chi connectivity index (χ0n) is 7.90. The molecule has 1 fully saturated rings. The minimum atomic E-state index is -1.11. The molecule has 1 aliphatic heterocycles. The number of hydrogen-bond donors (Lipinski definition) is 2. The van der Waals surface area contributed by atoms with Crippen LogP contribution in [-0.4, -0.2) is 40.5 Å². The highest BCUT2D eigenvalue weighted by Gasteiger charge is 2.24. The van der Waals surface area contributed by atoms with Crippen LogP contribution in [0.3, 0.4) is 0 Å². The van der Waals surface area contributed by atoms with Crippen LogP contribution in [-0.2, 0) is 0 Å². The van der Waals surface area contributed by atoms with Gasteiger partial charge in [0.05, 0.1) is 0 Å². The van der Waals surface area contributed by atoms with Gasteiger partial charge in [0.25, 0.3) is 0 Å². The molecular formula is C9H19NO2. The Kier molecular flexibility index (Phi) is 3.50. The van der Waals surface area contributed by atoms with Crippen molar-refractivity contribution in [3.63, 3.8) is 0 Å². The molecule has 1 aliphatic rings. The van der Waals surface area contributed by atoms with E-state index in [9.17, 15) is 0 Å². The van der Waals surface area contributed by atoms with Gasteiger partial charge in [-0.3, -0.25) is 0 Å². The molecule has 1 saturated heterocycles. The summed E-state index contributed by atoms with van der Waals surface area (Å²) in [5.74, 6) is 0.0972. The van der Waals surface area contributed by atoms with Crippen LogP contribution >= 0.6 is 0 Å². The Labute approximate surface area is 74.0 Å². The fraction of sp³-hybridized carbons (Fsp3) is 1.00. The Hall–Kier alpha value is -0.120. The highest BCUT2D eigenvalue weighted by atomic mass is 16.5. The minimum absolute atomic E-state index is 0.0972. The van der Waals surface area contributed by atoms with E-state index < -0.39 is 6.29 Å². The first kappa shape index (κ1) is 9.96. The van der Waals surface area contributed by atoms with E-state index in [1.54, 1.807) is 0 Å². The summed E-state index contributed by atoms with van der Waals surface area (Å²) in [6, 6.07) is 0.585. The maximum absolute atomic E-state index is 8.94. The van der Waals surface area contributed by atoms with Crippen molar-refractivity contribution >= 4 is 0 Å². The standard InChI is InChI=1S/C9H19NO2/c1-7(2)10-5-3-8(4-6-10)9(11)12/h7-9,11-12H,3-6H2,1-2H3. The highest BCUT2D eigenvalue weighted by Crippen LogP contribution is 2.20. The second-order valence-electron chi connectivity index (χ2n) is 3.88. The third-order valence-electron chi connectivity index (χ3n) is 2.73. The monoisotopic (exact) mass is 173 g/mol. The van der Waals surface area contributed by atoms with Crippen LogP contribution in [0.15, 0.2) is 0 Å². The largest absolute Gasteiger partial charge is 0.368 e. The zero-order chi connectivity index (χ0) is 9.14. The fourth-order valence-corrected chi connectivity index (χ4v) is 1.73. The van der Waals surface area contributed by atoms with Crippen molar-refractivity contribution in [1.29, 1.82) is 0 Å².